The third kappa shape index (κ3) is 4.85. The van der Waals surface area contributed by atoms with E-state index in [1.165, 1.54) is 35.6 Å². The largest absolute Gasteiger partial charge is 0.481 e. The van der Waals surface area contributed by atoms with Gasteiger partial charge in [-0.15, -0.1) is 11.3 Å². The number of nitrogens with one attached hydrogen (secondary N) is 1. The first-order valence-corrected chi connectivity index (χ1v) is 8.65. The number of thiazole rings is 1. The Balaban J connectivity index is 2.26. The van der Waals surface area contributed by atoms with Crippen molar-refractivity contribution in [2.45, 2.75) is 45.6 Å². The smallest absolute Gasteiger partial charge is 0.305 e. The molecule has 0 radical (unpaired) electrons. The third-order valence-electron chi connectivity index (χ3n) is 3.60. The van der Waals surface area contributed by atoms with Crippen molar-refractivity contribution in [3.05, 3.63) is 51.2 Å². The number of carbonyl (C=O) groups excluding carboxylic acids is 1. The van der Waals surface area contributed by atoms with E-state index in [2.05, 4.69) is 10.3 Å². The molecule has 1 amide bonds. The number of hydrogen-bond donors (Lipinski definition) is 2. The molecule has 0 saturated heterocycles. The monoisotopic (exact) mass is 364 g/mol. The molecule has 2 rings (SSSR count). The second-order valence-corrected chi connectivity index (χ2v) is 7.86. The summed E-state index contributed by atoms with van der Waals surface area (Å²) in [5, 5.41) is 12.7. The predicted octanol–water partition coefficient (Wildman–Crippen LogP) is 3.83. The third-order valence-corrected chi connectivity index (χ3v) is 5.18. The fourth-order valence-corrected chi connectivity index (χ4v) is 3.30. The minimum absolute atomic E-state index is 0.175. The summed E-state index contributed by atoms with van der Waals surface area (Å²) in [4.78, 5) is 28.7. The van der Waals surface area contributed by atoms with Gasteiger partial charge in [0.25, 0.3) is 5.91 Å². The number of halogens is 1. The van der Waals surface area contributed by atoms with E-state index in [4.69, 9.17) is 5.11 Å². The van der Waals surface area contributed by atoms with Gasteiger partial charge in [-0.3, -0.25) is 9.59 Å². The summed E-state index contributed by atoms with van der Waals surface area (Å²) >= 11 is 1.30. The normalized spacial score (nSPS) is 12.7. The van der Waals surface area contributed by atoms with E-state index in [0.717, 1.165) is 5.01 Å². The molecular weight excluding hydrogens is 343 g/mol. The number of carbonyl (C=O) groups is 2. The molecule has 0 spiro atoms. The fraction of sp³-hybridized carbons (Fsp3) is 0.389. The fourth-order valence-electron chi connectivity index (χ4n) is 2.27. The van der Waals surface area contributed by atoms with Gasteiger partial charge >= 0.3 is 5.97 Å². The first-order chi connectivity index (χ1) is 11.6. The van der Waals surface area contributed by atoms with Crippen LogP contribution in [0.15, 0.2) is 24.3 Å². The molecule has 1 atom stereocenters. The van der Waals surface area contributed by atoms with E-state index in [9.17, 15) is 14.0 Å². The molecule has 1 heterocycles. The van der Waals surface area contributed by atoms with Crippen LogP contribution in [0.5, 0.6) is 0 Å². The van der Waals surface area contributed by atoms with Crippen LogP contribution in [-0.4, -0.2) is 22.0 Å². The number of benzene rings is 1. The van der Waals surface area contributed by atoms with Gasteiger partial charge in [0.05, 0.1) is 23.2 Å². The van der Waals surface area contributed by atoms with Crippen LogP contribution in [0.2, 0.25) is 0 Å². The van der Waals surface area contributed by atoms with Crippen LogP contribution < -0.4 is 5.32 Å². The Bertz CT molecular complexity index is 779. The lowest BCUT2D eigenvalue weighted by Crippen LogP contribution is -2.30. The topological polar surface area (TPSA) is 79.3 Å². The quantitative estimate of drug-likeness (QED) is 0.845. The van der Waals surface area contributed by atoms with Crippen LogP contribution in [-0.2, 0) is 10.2 Å². The molecule has 2 N–H and O–H groups in total. The summed E-state index contributed by atoms with van der Waals surface area (Å²) < 4.78 is 13.1. The van der Waals surface area contributed by atoms with E-state index in [1.54, 1.807) is 6.92 Å². The SMILES string of the molecule is Cc1nc(C(C)(C)C)sc1C(=O)NC(CC(=O)O)c1ccc(F)cc1. The van der Waals surface area contributed by atoms with Crippen molar-refractivity contribution < 1.29 is 19.1 Å². The Labute approximate surface area is 149 Å². The second kappa shape index (κ2) is 7.31. The predicted molar refractivity (Wildman–Crippen MR) is 94.4 cm³/mol. The Hall–Kier alpha value is -2.28. The standard InChI is InChI=1S/C18H21FN2O3S/c1-10-15(25-17(20-10)18(2,3)4)16(24)21-13(9-14(22)23)11-5-7-12(19)8-6-11/h5-8,13H,9H2,1-4H3,(H,21,24)(H,22,23). The number of amides is 1. The molecule has 1 aromatic carbocycles. The highest BCUT2D eigenvalue weighted by molar-refractivity contribution is 7.14. The number of aliphatic carboxylic acids is 1. The molecule has 2 aromatic rings. The van der Waals surface area contributed by atoms with E-state index in [0.29, 0.717) is 16.1 Å². The number of carboxylic acids is 1. The number of carboxylic acid groups (broad SMARTS) is 1. The zero-order chi connectivity index (χ0) is 18.8. The van der Waals surface area contributed by atoms with Crippen LogP contribution >= 0.6 is 11.3 Å². The average molecular weight is 364 g/mol. The van der Waals surface area contributed by atoms with Gasteiger partial charge in [-0.25, -0.2) is 9.37 Å². The van der Waals surface area contributed by atoms with Gasteiger partial charge in [0.2, 0.25) is 0 Å². The van der Waals surface area contributed by atoms with Crippen LogP contribution in [0, 0.1) is 12.7 Å². The van der Waals surface area contributed by atoms with Crippen molar-refractivity contribution >= 4 is 23.2 Å². The highest BCUT2D eigenvalue weighted by Crippen LogP contribution is 2.29. The molecule has 0 bridgehead atoms. The van der Waals surface area contributed by atoms with Gasteiger partial charge in [-0.2, -0.15) is 0 Å². The maximum atomic E-state index is 13.1. The molecule has 25 heavy (non-hydrogen) atoms. The Kier molecular flexibility index (Phi) is 5.57. The Morgan fingerprint density at radius 3 is 2.36 bits per heavy atom. The zero-order valence-electron chi connectivity index (χ0n) is 14.6. The van der Waals surface area contributed by atoms with E-state index >= 15 is 0 Å². The molecule has 0 aliphatic rings. The number of aromatic nitrogens is 1. The summed E-state index contributed by atoms with van der Waals surface area (Å²) in [6.45, 7) is 7.79. The van der Waals surface area contributed by atoms with Gasteiger partial charge < -0.3 is 10.4 Å². The average Bonchev–Trinajstić information content (AvgIpc) is 2.89. The number of hydrogen-bond acceptors (Lipinski definition) is 4. The lowest BCUT2D eigenvalue weighted by molar-refractivity contribution is -0.137. The van der Waals surface area contributed by atoms with Crippen molar-refractivity contribution in [3.8, 4) is 0 Å². The minimum atomic E-state index is -1.05. The molecule has 1 aromatic heterocycles. The number of aryl methyl sites for hydroxylation is 1. The van der Waals surface area contributed by atoms with Gasteiger partial charge in [-0.1, -0.05) is 32.9 Å². The van der Waals surface area contributed by atoms with Gasteiger partial charge in [-0.05, 0) is 24.6 Å². The van der Waals surface area contributed by atoms with E-state index in [-0.39, 0.29) is 17.7 Å². The van der Waals surface area contributed by atoms with Crippen molar-refractivity contribution in [1.29, 1.82) is 0 Å². The summed E-state index contributed by atoms with van der Waals surface area (Å²) in [6.07, 6.45) is -0.290. The molecule has 0 aliphatic carbocycles. The number of rotatable bonds is 5. The van der Waals surface area contributed by atoms with Crippen molar-refractivity contribution in [1.82, 2.24) is 10.3 Å². The molecule has 0 fully saturated rings. The van der Waals surface area contributed by atoms with Gasteiger partial charge in [0.15, 0.2) is 0 Å². The molecule has 0 saturated carbocycles. The molecule has 0 aliphatic heterocycles. The molecular formula is C18H21FN2O3S. The summed E-state index contributed by atoms with van der Waals surface area (Å²) in [5.74, 6) is -1.84. The van der Waals surface area contributed by atoms with Crippen molar-refractivity contribution in [2.24, 2.45) is 0 Å². The summed E-state index contributed by atoms with van der Waals surface area (Å²) in [6, 6.07) is 4.69. The molecule has 7 heteroatoms. The van der Waals surface area contributed by atoms with Crippen LogP contribution in [0.4, 0.5) is 4.39 Å². The maximum Gasteiger partial charge on any atom is 0.305 e. The van der Waals surface area contributed by atoms with Gasteiger partial charge in [0.1, 0.15) is 10.7 Å². The first-order valence-electron chi connectivity index (χ1n) is 7.84. The maximum absolute atomic E-state index is 13.1. The van der Waals surface area contributed by atoms with Crippen LogP contribution in [0.1, 0.15) is 59.2 Å². The second-order valence-electron chi connectivity index (χ2n) is 6.86. The minimum Gasteiger partial charge on any atom is -0.481 e. The van der Waals surface area contributed by atoms with E-state index in [1.807, 2.05) is 20.8 Å². The highest BCUT2D eigenvalue weighted by atomic mass is 32.1. The molecule has 134 valence electrons. The highest BCUT2D eigenvalue weighted by Gasteiger charge is 2.25. The lowest BCUT2D eigenvalue weighted by Gasteiger charge is -2.17. The molecule has 1 unspecified atom stereocenters. The molecule has 5 nitrogen and oxygen atoms in total. The summed E-state index contributed by atoms with van der Waals surface area (Å²) in [5.41, 5.74) is 0.974. The van der Waals surface area contributed by atoms with E-state index < -0.39 is 17.8 Å². The van der Waals surface area contributed by atoms with Crippen molar-refractivity contribution in [2.75, 3.05) is 0 Å². The lowest BCUT2D eigenvalue weighted by atomic mass is 9.98. The zero-order valence-corrected chi connectivity index (χ0v) is 15.4. The first kappa shape index (κ1) is 19.1. The van der Waals surface area contributed by atoms with Gasteiger partial charge in [0, 0.05) is 5.41 Å². The summed E-state index contributed by atoms with van der Waals surface area (Å²) in [7, 11) is 0. The Morgan fingerprint density at radius 2 is 1.88 bits per heavy atom. The van der Waals surface area contributed by atoms with Crippen LogP contribution in [0.3, 0.4) is 0 Å². The number of nitrogens with zero attached hydrogens (tertiary/aromatic N) is 1. The van der Waals surface area contributed by atoms with Crippen LogP contribution in [0.25, 0.3) is 0 Å². The Morgan fingerprint density at radius 1 is 1.28 bits per heavy atom. The van der Waals surface area contributed by atoms with Crippen molar-refractivity contribution in [3.63, 3.8) is 0 Å².